The number of benzene rings is 2. The van der Waals surface area contributed by atoms with E-state index >= 15 is 0 Å². The highest BCUT2D eigenvalue weighted by Gasteiger charge is 2.62. The summed E-state index contributed by atoms with van der Waals surface area (Å²) in [6, 6.07) is 13.3. The quantitative estimate of drug-likeness (QED) is 0.546. The van der Waals surface area contributed by atoms with Gasteiger partial charge in [0.2, 0.25) is 17.7 Å². The summed E-state index contributed by atoms with van der Waals surface area (Å²) < 4.78 is 0. The molecule has 0 aliphatic carbocycles. The second-order valence-corrected chi connectivity index (χ2v) is 8.73. The molecule has 1 N–H and O–H groups in total. The molecule has 2 aromatic carbocycles. The van der Waals surface area contributed by atoms with E-state index in [1.165, 1.54) is 18.7 Å². The van der Waals surface area contributed by atoms with Crippen molar-refractivity contribution in [3.05, 3.63) is 72.3 Å². The lowest BCUT2D eigenvalue weighted by atomic mass is 9.88. The molecular weight excluding hydrogens is 418 g/mol. The Morgan fingerprint density at radius 2 is 1.70 bits per heavy atom. The van der Waals surface area contributed by atoms with Crippen LogP contribution in [0.2, 0.25) is 0 Å². The number of hydrogen-bond acceptors (Lipinski definition) is 5. The molecule has 0 radical (unpaired) electrons. The number of fused-ring (bicyclic) bond motifs is 1. The fourth-order valence-electron chi connectivity index (χ4n) is 5.15. The van der Waals surface area contributed by atoms with E-state index in [9.17, 15) is 19.2 Å². The van der Waals surface area contributed by atoms with E-state index in [1.54, 1.807) is 30.3 Å². The van der Waals surface area contributed by atoms with Gasteiger partial charge in [0, 0.05) is 25.2 Å². The summed E-state index contributed by atoms with van der Waals surface area (Å²) in [6.07, 6.45) is 1.67. The van der Waals surface area contributed by atoms with Crippen LogP contribution in [0.1, 0.15) is 25.0 Å². The Morgan fingerprint density at radius 1 is 1.03 bits per heavy atom. The van der Waals surface area contributed by atoms with Gasteiger partial charge in [0.1, 0.15) is 5.78 Å². The molecule has 0 unspecified atom stereocenters. The Kier molecular flexibility index (Phi) is 5.99. The molecule has 2 heterocycles. The van der Waals surface area contributed by atoms with Crippen molar-refractivity contribution in [2.24, 2.45) is 11.8 Å². The van der Waals surface area contributed by atoms with Crippen LogP contribution in [0.3, 0.4) is 0 Å². The highest BCUT2D eigenvalue weighted by Crippen LogP contribution is 2.45. The predicted molar refractivity (Wildman–Crippen MR) is 125 cm³/mol. The zero-order chi connectivity index (χ0) is 23.9. The fourth-order valence-corrected chi connectivity index (χ4v) is 5.15. The average molecular weight is 446 g/mol. The van der Waals surface area contributed by atoms with Gasteiger partial charge in [0.15, 0.2) is 0 Å². The summed E-state index contributed by atoms with van der Waals surface area (Å²) in [7, 11) is 0. The van der Waals surface area contributed by atoms with Crippen molar-refractivity contribution in [1.29, 1.82) is 0 Å². The lowest BCUT2D eigenvalue weighted by Crippen LogP contribution is -2.46. The zero-order valence-electron chi connectivity index (χ0n) is 18.9. The maximum Gasteiger partial charge on any atom is 0.239 e. The van der Waals surface area contributed by atoms with E-state index < -0.39 is 23.9 Å². The van der Waals surface area contributed by atoms with Gasteiger partial charge in [-0.3, -0.25) is 24.1 Å². The summed E-state index contributed by atoms with van der Waals surface area (Å²) in [6.45, 7) is 9.25. The van der Waals surface area contributed by atoms with Crippen LogP contribution in [-0.4, -0.2) is 40.5 Å². The number of imide groups is 1. The molecular formula is C26H27N3O4. The molecule has 2 aliphatic rings. The topological polar surface area (TPSA) is 86.8 Å². The fraction of sp³-hybridized carbons (Fsp3) is 0.308. The third-order valence-electron chi connectivity index (χ3n) is 6.40. The number of nitrogens with one attached hydrogen (secondary N) is 1. The van der Waals surface area contributed by atoms with Crippen LogP contribution >= 0.6 is 0 Å². The molecule has 0 spiro atoms. The van der Waals surface area contributed by atoms with Crippen LogP contribution in [0.5, 0.6) is 0 Å². The lowest BCUT2D eigenvalue weighted by molar-refractivity contribution is -0.129. The standard InChI is InChI=1S/C26H27N3O4/c1-5-21-22-23(24(16(3)30)28(21)14-18-8-6-7-15(2)13-18)26(33)29(25(22)32)20-11-9-19(10-12-20)27-17(4)31/h5-13,21-24H,1,14H2,2-4H3,(H,27,31)/t21-,22-,23-,24+/m0/s1. The molecule has 0 bridgehead atoms. The van der Waals surface area contributed by atoms with Crippen molar-refractivity contribution in [3.8, 4) is 0 Å². The van der Waals surface area contributed by atoms with E-state index in [2.05, 4.69) is 11.9 Å². The number of carbonyl (C=O) groups is 4. The van der Waals surface area contributed by atoms with Gasteiger partial charge < -0.3 is 5.32 Å². The zero-order valence-corrected chi connectivity index (χ0v) is 18.9. The number of anilines is 2. The SMILES string of the molecule is C=C[C@H]1[C@@H]2C(=O)N(c3ccc(NC(C)=O)cc3)C(=O)[C@@H]2[C@@H](C(C)=O)N1Cc1cccc(C)c1. The van der Waals surface area contributed by atoms with Gasteiger partial charge in [-0.05, 0) is 43.7 Å². The Morgan fingerprint density at radius 3 is 2.27 bits per heavy atom. The molecule has 2 aliphatic heterocycles. The number of aryl methyl sites for hydroxylation is 1. The predicted octanol–water partition coefficient (Wildman–Crippen LogP) is 3.09. The molecule has 170 valence electrons. The van der Waals surface area contributed by atoms with Gasteiger partial charge >= 0.3 is 0 Å². The van der Waals surface area contributed by atoms with Crippen LogP contribution < -0.4 is 10.2 Å². The van der Waals surface area contributed by atoms with Gasteiger partial charge in [-0.2, -0.15) is 0 Å². The first-order valence-electron chi connectivity index (χ1n) is 10.9. The van der Waals surface area contributed by atoms with Gasteiger partial charge in [0.05, 0.1) is 23.6 Å². The van der Waals surface area contributed by atoms with Crippen molar-refractivity contribution in [2.75, 3.05) is 10.2 Å². The largest absolute Gasteiger partial charge is 0.326 e. The number of nitrogens with zero attached hydrogens (tertiary/aromatic N) is 2. The highest BCUT2D eigenvalue weighted by atomic mass is 16.2. The Hall–Kier alpha value is -3.58. The third kappa shape index (κ3) is 4.00. The molecule has 4 rings (SSSR count). The lowest BCUT2D eigenvalue weighted by Gasteiger charge is -2.31. The van der Waals surface area contributed by atoms with Crippen LogP contribution in [-0.2, 0) is 25.7 Å². The first-order chi connectivity index (χ1) is 15.7. The van der Waals surface area contributed by atoms with Crippen molar-refractivity contribution >= 4 is 34.9 Å². The first-order valence-corrected chi connectivity index (χ1v) is 10.9. The second-order valence-electron chi connectivity index (χ2n) is 8.73. The van der Waals surface area contributed by atoms with Crippen LogP contribution in [0.25, 0.3) is 0 Å². The Bertz CT molecular complexity index is 1140. The molecule has 2 fully saturated rings. The number of hydrogen-bond donors (Lipinski definition) is 1. The van der Waals surface area contributed by atoms with E-state index in [0.717, 1.165) is 11.1 Å². The third-order valence-corrected chi connectivity index (χ3v) is 6.40. The Balaban J connectivity index is 1.67. The molecule has 3 amide bonds. The van der Waals surface area contributed by atoms with Crippen LogP contribution in [0, 0.1) is 18.8 Å². The molecule has 4 atom stereocenters. The molecule has 2 saturated heterocycles. The second kappa shape index (κ2) is 8.75. The monoisotopic (exact) mass is 445 g/mol. The molecule has 7 nitrogen and oxygen atoms in total. The molecule has 33 heavy (non-hydrogen) atoms. The maximum atomic E-state index is 13.5. The number of rotatable bonds is 6. The van der Waals surface area contributed by atoms with E-state index in [4.69, 9.17) is 0 Å². The molecule has 0 saturated carbocycles. The molecule has 7 heteroatoms. The van der Waals surface area contributed by atoms with Crippen LogP contribution in [0.4, 0.5) is 11.4 Å². The summed E-state index contributed by atoms with van der Waals surface area (Å²) in [4.78, 5) is 54.1. The minimum absolute atomic E-state index is 0.147. The summed E-state index contributed by atoms with van der Waals surface area (Å²) >= 11 is 0. The first kappa shape index (κ1) is 22.6. The van der Waals surface area contributed by atoms with E-state index in [0.29, 0.717) is 17.9 Å². The minimum atomic E-state index is -0.766. The van der Waals surface area contributed by atoms with Crippen molar-refractivity contribution in [2.45, 2.75) is 39.4 Å². The van der Waals surface area contributed by atoms with Crippen LogP contribution in [0.15, 0.2) is 61.2 Å². The highest BCUT2D eigenvalue weighted by molar-refractivity contribution is 6.24. The number of Topliss-reactive ketones (excluding diaryl/α,β-unsaturated/α-hetero) is 1. The number of likely N-dealkylation sites (tertiary alicyclic amines) is 1. The molecule has 0 aromatic heterocycles. The van der Waals surface area contributed by atoms with Gasteiger partial charge in [-0.1, -0.05) is 35.9 Å². The summed E-state index contributed by atoms with van der Waals surface area (Å²) in [5.74, 6) is -2.51. The van der Waals surface area contributed by atoms with Gasteiger partial charge in [-0.15, -0.1) is 6.58 Å². The normalized spacial score (nSPS) is 24.6. The van der Waals surface area contributed by atoms with Crippen molar-refractivity contribution in [3.63, 3.8) is 0 Å². The molecule has 2 aromatic rings. The van der Waals surface area contributed by atoms with Crippen molar-refractivity contribution < 1.29 is 19.2 Å². The number of carbonyl (C=O) groups excluding carboxylic acids is 4. The number of ketones is 1. The summed E-state index contributed by atoms with van der Waals surface area (Å²) in [5, 5.41) is 2.66. The van der Waals surface area contributed by atoms with E-state index in [1.807, 2.05) is 36.1 Å². The Labute approximate surface area is 193 Å². The summed E-state index contributed by atoms with van der Waals surface area (Å²) in [5.41, 5.74) is 3.10. The van der Waals surface area contributed by atoms with Gasteiger partial charge in [-0.25, -0.2) is 4.90 Å². The smallest absolute Gasteiger partial charge is 0.239 e. The van der Waals surface area contributed by atoms with E-state index in [-0.39, 0.29) is 23.5 Å². The van der Waals surface area contributed by atoms with Crippen molar-refractivity contribution in [1.82, 2.24) is 4.90 Å². The number of amides is 3. The minimum Gasteiger partial charge on any atom is -0.326 e. The average Bonchev–Trinajstić information content (AvgIpc) is 3.20. The van der Waals surface area contributed by atoms with Gasteiger partial charge in [0.25, 0.3) is 0 Å². The maximum absolute atomic E-state index is 13.5.